The molecule has 6 nitrogen and oxygen atoms in total. The molecular weight excluding hydrogens is 342 g/mol. The summed E-state index contributed by atoms with van der Waals surface area (Å²) in [7, 11) is 0. The van der Waals surface area contributed by atoms with Crippen LogP contribution in [0.2, 0.25) is 0 Å². The Bertz CT molecular complexity index is 870. The number of carbonyl (C=O) groups excluding carboxylic acids is 1. The first-order valence-corrected chi connectivity index (χ1v) is 8.82. The number of ether oxygens (including phenoxy) is 1. The highest BCUT2D eigenvalue weighted by Crippen LogP contribution is 2.25. The van der Waals surface area contributed by atoms with Crippen molar-refractivity contribution in [2.24, 2.45) is 0 Å². The number of nitrogens with one attached hydrogen (secondary N) is 1. The molecule has 0 unspecified atom stereocenters. The van der Waals surface area contributed by atoms with Crippen LogP contribution in [-0.4, -0.2) is 21.8 Å². The first-order valence-electron chi connectivity index (χ1n) is 8.82. The van der Waals surface area contributed by atoms with E-state index in [0.717, 1.165) is 11.1 Å². The summed E-state index contributed by atoms with van der Waals surface area (Å²) >= 11 is 0. The van der Waals surface area contributed by atoms with Gasteiger partial charge in [-0.05, 0) is 38.5 Å². The molecule has 140 valence electrons. The Kier molecular flexibility index (Phi) is 5.54. The van der Waals surface area contributed by atoms with Crippen molar-refractivity contribution in [3.8, 4) is 11.5 Å². The maximum absolute atomic E-state index is 12.3. The van der Waals surface area contributed by atoms with Gasteiger partial charge in [0.25, 0.3) is 5.89 Å². The Balaban J connectivity index is 1.83. The topological polar surface area (TPSA) is 77.2 Å². The lowest BCUT2D eigenvalue weighted by atomic mass is 10.1. The predicted molar refractivity (Wildman–Crippen MR) is 102 cm³/mol. The van der Waals surface area contributed by atoms with Gasteiger partial charge in [-0.25, -0.2) is 4.79 Å². The van der Waals surface area contributed by atoms with E-state index in [1.54, 1.807) is 0 Å². The molecular formula is C21H23N3O3. The Hall–Kier alpha value is -3.15. The van der Waals surface area contributed by atoms with Crippen LogP contribution in [-0.2, 0) is 11.2 Å². The van der Waals surface area contributed by atoms with Gasteiger partial charge >= 0.3 is 6.09 Å². The quantitative estimate of drug-likeness (QED) is 0.718. The molecule has 1 amide bonds. The minimum atomic E-state index is -0.681. The maximum atomic E-state index is 12.3. The van der Waals surface area contributed by atoms with Crippen LogP contribution in [0.1, 0.15) is 38.3 Å². The van der Waals surface area contributed by atoms with Gasteiger partial charge in [-0.1, -0.05) is 48.5 Å². The van der Waals surface area contributed by atoms with Crippen LogP contribution in [0, 0.1) is 0 Å². The normalized spacial score (nSPS) is 12.4. The predicted octanol–water partition coefficient (Wildman–Crippen LogP) is 4.55. The third kappa shape index (κ3) is 5.41. The number of alkyl carbamates (subject to hydrolysis) is 1. The first kappa shape index (κ1) is 18.6. The second-order valence-corrected chi connectivity index (χ2v) is 7.27. The first-order chi connectivity index (χ1) is 12.9. The molecule has 1 heterocycles. The molecule has 2 aromatic carbocycles. The van der Waals surface area contributed by atoms with Gasteiger partial charge in [-0.2, -0.15) is 0 Å². The molecule has 1 N–H and O–H groups in total. The number of nitrogens with zero attached hydrogens (tertiary/aromatic N) is 2. The van der Waals surface area contributed by atoms with Crippen molar-refractivity contribution in [1.82, 2.24) is 15.5 Å². The zero-order chi connectivity index (χ0) is 19.3. The van der Waals surface area contributed by atoms with Crippen LogP contribution in [0.15, 0.2) is 65.1 Å². The lowest BCUT2D eigenvalue weighted by Crippen LogP contribution is -2.41. The summed E-state index contributed by atoms with van der Waals surface area (Å²) in [5.41, 5.74) is 1.41. The second kappa shape index (κ2) is 8.03. The summed E-state index contributed by atoms with van der Waals surface area (Å²) in [5.74, 6) is 0.658. The number of aromatic nitrogens is 2. The van der Waals surface area contributed by atoms with Crippen LogP contribution < -0.4 is 5.32 Å². The van der Waals surface area contributed by atoms with Crippen molar-refractivity contribution in [1.29, 1.82) is 0 Å². The standard InChI is InChI=1S/C21H23N3O3/c1-21(2,3)22-20(25)26-17(14-15-10-6-4-7-11-15)19-24-23-18(27-19)16-12-8-5-9-13-16/h4-13,17H,14H2,1-3H3,(H,22,25)/t17-/m1/s1. The highest BCUT2D eigenvalue weighted by molar-refractivity contribution is 5.68. The van der Waals surface area contributed by atoms with E-state index in [1.165, 1.54) is 0 Å². The van der Waals surface area contributed by atoms with Crippen molar-refractivity contribution >= 4 is 6.09 Å². The summed E-state index contributed by atoms with van der Waals surface area (Å²) in [5, 5.41) is 11.0. The van der Waals surface area contributed by atoms with Gasteiger partial charge in [0, 0.05) is 17.5 Å². The summed E-state index contributed by atoms with van der Waals surface area (Å²) in [6, 6.07) is 19.2. The zero-order valence-corrected chi connectivity index (χ0v) is 15.7. The van der Waals surface area contributed by atoms with Crippen molar-refractivity contribution in [3.05, 3.63) is 72.1 Å². The van der Waals surface area contributed by atoms with Crippen LogP contribution >= 0.6 is 0 Å². The molecule has 0 fully saturated rings. The molecule has 0 saturated heterocycles. The monoisotopic (exact) mass is 365 g/mol. The maximum Gasteiger partial charge on any atom is 0.408 e. The van der Waals surface area contributed by atoms with Gasteiger partial charge in [0.2, 0.25) is 5.89 Å². The molecule has 3 rings (SSSR count). The summed E-state index contributed by atoms with van der Waals surface area (Å²) in [6.07, 6.45) is -0.767. The molecule has 0 aliphatic carbocycles. The Labute approximate surface area is 158 Å². The largest absolute Gasteiger partial charge is 0.436 e. The number of rotatable bonds is 5. The van der Waals surface area contributed by atoms with Gasteiger partial charge in [0.1, 0.15) is 0 Å². The summed E-state index contributed by atoms with van der Waals surface area (Å²) in [4.78, 5) is 12.3. The molecule has 1 atom stereocenters. The Morgan fingerprint density at radius 3 is 2.30 bits per heavy atom. The average Bonchev–Trinajstić information content (AvgIpc) is 3.11. The van der Waals surface area contributed by atoms with Crippen LogP contribution in [0.5, 0.6) is 0 Å². The molecule has 3 aromatic rings. The molecule has 0 aliphatic rings. The molecule has 1 aromatic heterocycles. The molecule has 0 spiro atoms. The van der Waals surface area contributed by atoms with E-state index in [9.17, 15) is 4.79 Å². The van der Waals surface area contributed by atoms with Crippen molar-refractivity contribution in [2.75, 3.05) is 0 Å². The van der Waals surface area contributed by atoms with E-state index < -0.39 is 17.7 Å². The van der Waals surface area contributed by atoms with E-state index in [2.05, 4.69) is 15.5 Å². The smallest absolute Gasteiger partial charge is 0.408 e. The third-order valence-corrected chi connectivity index (χ3v) is 3.73. The fourth-order valence-electron chi connectivity index (χ4n) is 2.53. The van der Waals surface area contributed by atoms with Gasteiger partial charge in [-0.15, -0.1) is 10.2 Å². The van der Waals surface area contributed by atoms with Crippen LogP contribution in [0.3, 0.4) is 0 Å². The minimum Gasteiger partial charge on any atom is -0.436 e. The Morgan fingerprint density at radius 1 is 1.04 bits per heavy atom. The summed E-state index contributed by atoms with van der Waals surface area (Å²) < 4.78 is 11.4. The van der Waals surface area contributed by atoms with Crippen molar-refractivity contribution < 1.29 is 13.9 Å². The molecule has 27 heavy (non-hydrogen) atoms. The van der Waals surface area contributed by atoms with E-state index in [0.29, 0.717) is 12.3 Å². The van der Waals surface area contributed by atoms with Crippen LogP contribution in [0.4, 0.5) is 4.79 Å². The average molecular weight is 365 g/mol. The van der Waals surface area contributed by atoms with Crippen LogP contribution in [0.25, 0.3) is 11.5 Å². The van der Waals surface area contributed by atoms with Gasteiger partial charge in [0.05, 0.1) is 0 Å². The van der Waals surface area contributed by atoms with Crippen molar-refractivity contribution in [3.63, 3.8) is 0 Å². The van der Waals surface area contributed by atoms with Crippen molar-refractivity contribution in [2.45, 2.75) is 38.8 Å². The van der Waals surface area contributed by atoms with E-state index in [4.69, 9.17) is 9.15 Å². The molecule has 0 bridgehead atoms. The molecule has 6 heteroatoms. The van der Waals surface area contributed by atoms with E-state index >= 15 is 0 Å². The number of hydrogen-bond acceptors (Lipinski definition) is 5. The molecule has 0 aliphatic heterocycles. The SMILES string of the molecule is CC(C)(C)NC(=O)O[C@H](Cc1ccccc1)c1nnc(-c2ccccc2)o1. The lowest BCUT2D eigenvalue weighted by Gasteiger charge is -2.22. The molecule has 0 saturated carbocycles. The van der Waals surface area contributed by atoms with Gasteiger partial charge in [-0.3, -0.25) is 0 Å². The van der Waals surface area contributed by atoms with E-state index in [-0.39, 0.29) is 5.89 Å². The third-order valence-electron chi connectivity index (χ3n) is 3.73. The fraction of sp³-hybridized carbons (Fsp3) is 0.286. The van der Waals surface area contributed by atoms with Gasteiger partial charge < -0.3 is 14.5 Å². The fourth-order valence-corrected chi connectivity index (χ4v) is 2.53. The number of carbonyl (C=O) groups is 1. The number of hydrogen-bond donors (Lipinski definition) is 1. The molecule has 0 radical (unpaired) electrons. The van der Waals surface area contributed by atoms with Gasteiger partial charge in [0.15, 0.2) is 6.10 Å². The zero-order valence-electron chi connectivity index (χ0n) is 15.7. The lowest BCUT2D eigenvalue weighted by molar-refractivity contribution is 0.0762. The second-order valence-electron chi connectivity index (χ2n) is 7.27. The number of amides is 1. The number of benzene rings is 2. The highest BCUT2D eigenvalue weighted by atomic mass is 16.6. The summed E-state index contributed by atoms with van der Waals surface area (Å²) in [6.45, 7) is 5.67. The van der Waals surface area contributed by atoms with E-state index in [1.807, 2.05) is 81.4 Å². The minimum absolute atomic E-state index is 0.266. The highest BCUT2D eigenvalue weighted by Gasteiger charge is 2.26. The Morgan fingerprint density at radius 2 is 1.67 bits per heavy atom.